The Morgan fingerprint density at radius 1 is 1.44 bits per heavy atom. The largest absolute Gasteiger partial charge is 0.480 e. The molecule has 2 amide bonds. The Bertz CT molecular complexity index is 470. The van der Waals surface area contributed by atoms with E-state index in [0.717, 1.165) is 5.69 Å². The number of primary amides is 1. The predicted molar refractivity (Wildman–Crippen MR) is 61.7 cm³/mol. The van der Waals surface area contributed by atoms with Crippen molar-refractivity contribution < 1.29 is 19.5 Å². The van der Waals surface area contributed by atoms with Crippen LogP contribution in [0.2, 0.25) is 0 Å². The standard InChI is InChI=1S/C11H13N3O4/c1-6-2-3-7(5-13-6)10(16)14-8(11(17)18)4-9(12)15/h2-3,5,8H,4H2,1H3,(H2,12,15)(H,14,16)(H,17,18). The highest BCUT2D eigenvalue weighted by Crippen LogP contribution is 2.01. The fourth-order valence-corrected chi connectivity index (χ4v) is 1.24. The molecule has 7 heteroatoms. The van der Waals surface area contributed by atoms with Crippen molar-refractivity contribution in [2.45, 2.75) is 19.4 Å². The topological polar surface area (TPSA) is 122 Å². The predicted octanol–water partition coefficient (Wildman–Crippen LogP) is -0.552. The fourth-order valence-electron chi connectivity index (χ4n) is 1.24. The number of carbonyl (C=O) groups excluding carboxylic acids is 2. The van der Waals surface area contributed by atoms with Gasteiger partial charge in [-0.3, -0.25) is 14.6 Å². The van der Waals surface area contributed by atoms with Gasteiger partial charge in [0.05, 0.1) is 12.0 Å². The molecule has 0 spiro atoms. The van der Waals surface area contributed by atoms with Gasteiger partial charge in [0.1, 0.15) is 6.04 Å². The molecule has 4 N–H and O–H groups in total. The summed E-state index contributed by atoms with van der Waals surface area (Å²) in [6.45, 7) is 1.76. The van der Waals surface area contributed by atoms with E-state index in [2.05, 4.69) is 10.3 Å². The summed E-state index contributed by atoms with van der Waals surface area (Å²) in [5.74, 6) is -2.73. The van der Waals surface area contributed by atoms with Crippen molar-refractivity contribution in [3.63, 3.8) is 0 Å². The number of hydrogen-bond acceptors (Lipinski definition) is 4. The minimum Gasteiger partial charge on any atom is -0.480 e. The van der Waals surface area contributed by atoms with Crippen LogP contribution in [0.4, 0.5) is 0 Å². The molecule has 0 saturated heterocycles. The first-order valence-corrected chi connectivity index (χ1v) is 5.14. The number of hydrogen-bond donors (Lipinski definition) is 3. The molecule has 7 nitrogen and oxygen atoms in total. The van der Waals surface area contributed by atoms with Crippen LogP contribution in [-0.4, -0.2) is 33.9 Å². The van der Waals surface area contributed by atoms with Crippen molar-refractivity contribution >= 4 is 17.8 Å². The lowest BCUT2D eigenvalue weighted by Gasteiger charge is -2.12. The van der Waals surface area contributed by atoms with E-state index in [1.165, 1.54) is 12.3 Å². The molecule has 0 fully saturated rings. The number of carboxylic acid groups (broad SMARTS) is 1. The molecule has 0 radical (unpaired) electrons. The molecule has 1 aromatic heterocycles. The van der Waals surface area contributed by atoms with Crippen molar-refractivity contribution in [1.29, 1.82) is 0 Å². The average Bonchev–Trinajstić information content (AvgIpc) is 2.28. The van der Waals surface area contributed by atoms with Crippen LogP contribution in [0.3, 0.4) is 0 Å². The maximum absolute atomic E-state index is 11.7. The molecule has 0 saturated carbocycles. The minimum atomic E-state index is -1.34. The summed E-state index contributed by atoms with van der Waals surface area (Å²) < 4.78 is 0. The zero-order valence-electron chi connectivity index (χ0n) is 9.71. The van der Waals surface area contributed by atoms with Crippen LogP contribution in [0.5, 0.6) is 0 Å². The molecule has 18 heavy (non-hydrogen) atoms. The van der Waals surface area contributed by atoms with Crippen LogP contribution in [0.25, 0.3) is 0 Å². The molecular formula is C11H13N3O4. The minimum absolute atomic E-state index is 0.219. The first-order valence-electron chi connectivity index (χ1n) is 5.14. The summed E-state index contributed by atoms with van der Waals surface area (Å²) in [5.41, 5.74) is 5.85. The Hall–Kier alpha value is -2.44. The van der Waals surface area contributed by atoms with Gasteiger partial charge in [0.2, 0.25) is 5.91 Å². The molecule has 1 atom stereocenters. The number of nitrogens with zero attached hydrogens (tertiary/aromatic N) is 1. The highest BCUT2D eigenvalue weighted by Gasteiger charge is 2.22. The Morgan fingerprint density at radius 2 is 2.11 bits per heavy atom. The van der Waals surface area contributed by atoms with Gasteiger partial charge in [-0.25, -0.2) is 4.79 Å². The molecule has 0 aliphatic carbocycles. The van der Waals surface area contributed by atoms with E-state index >= 15 is 0 Å². The highest BCUT2D eigenvalue weighted by atomic mass is 16.4. The zero-order chi connectivity index (χ0) is 13.7. The highest BCUT2D eigenvalue weighted by molar-refractivity contribution is 5.97. The number of aliphatic carboxylic acids is 1. The van der Waals surface area contributed by atoms with Gasteiger partial charge in [-0.05, 0) is 19.1 Å². The first-order chi connectivity index (χ1) is 8.40. The smallest absolute Gasteiger partial charge is 0.326 e. The third kappa shape index (κ3) is 3.85. The monoisotopic (exact) mass is 251 g/mol. The lowest BCUT2D eigenvalue weighted by molar-refractivity contribution is -0.140. The third-order valence-electron chi connectivity index (χ3n) is 2.18. The lowest BCUT2D eigenvalue weighted by Crippen LogP contribution is -2.43. The maximum atomic E-state index is 11.7. The van der Waals surface area contributed by atoms with Crippen molar-refractivity contribution in [3.05, 3.63) is 29.6 Å². The van der Waals surface area contributed by atoms with Crippen molar-refractivity contribution in [3.8, 4) is 0 Å². The number of pyridine rings is 1. The first kappa shape index (κ1) is 13.6. The van der Waals surface area contributed by atoms with Gasteiger partial charge in [-0.2, -0.15) is 0 Å². The maximum Gasteiger partial charge on any atom is 0.326 e. The van der Waals surface area contributed by atoms with E-state index in [-0.39, 0.29) is 5.56 Å². The van der Waals surface area contributed by atoms with Gasteiger partial charge in [-0.15, -0.1) is 0 Å². The van der Waals surface area contributed by atoms with Crippen LogP contribution in [0.15, 0.2) is 18.3 Å². The van der Waals surface area contributed by atoms with Gasteiger partial charge >= 0.3 is 5.97 Å². The number of carbonyl (C=O) groups is 3. The number of nitrogens with two attached hydrogens (primary N) is 1. The second kappa shape index (κ2) is 5.76. The van der Waals surface area contributed by atoms with E-state index in [0.29, 0.717) is 0 Å². The molecule has 0 bridgehead atoms. The van der Waals surface area contributed by atoms with Crippen LogP contribution in [0.1, 0.15) is 22.5 Å². The molecule has 0 aromatic carbocycles. The van der Waals surface area contributed by atoms with Crippen LogP contribution < -0.4 is 11.1 Å². The van der Waals surface area contributed by atoms with Crippen LogP contribution in [0, 0.1) is 6.92 Å². The third-order valence-corrected chi connectivity index (χ3v) is 2.18. The van der Waals surface area contributed by atoms with Crippen molar-refractivity contribution in [1.82, 2.24) is 10.3 Å². The van der Waals surface area contributed by atoms with E-state index < -0.39 is 30.2 Å². The molecule has 96 valence electrons. The Labute approximate surface area is 103 Å². The van der Waals surface area contributed by atoms with Gasteiger partial charge in [0.25, 0.3) is 5.91 Å². The van der Waals surface area contributed by atoms with E-state index in [1.54, 1.807) is 13.0 Å². The summed E-state index contributed by atoms with van der Waals surface area (Å²) in [4.78, 5) is 37.1. The summed E-state index contributed by atoms with van der Waals surface area (Å²) in [6, 6.07) is 1.80. The molecule has 0 aliphatic heterocycles. The number of nitrogens with one attached hydrogen (secondary N) is 1. The summed E-state index contributed by atoms with van der Waals surface area (Å²) in [7, 11) is 0. The van der Waals surface area contributed by atoms with Gasteiger partial charge < -0.3 is 16.2 Å². The van der Waals surface area contributed by atoms with E-state index in [9.17, 15) is 14.4 Å². The summed E-state index contributed by atoms with van der Waals surface area (Å²) in [5, 5.41) is 11.0. The number of carboxylic acids is 1. The zero-order valence-corrected chi connectivity index (χ0v) is 9.71. The van der Waals surface area contributed by atoms with Crippen LogP contribution >= 0.6 is 0 Å². The second-order valence-electron chi connectivity index (χ2n) is 3.72. The molecule has 0 aliphatic rings. The van der Waals surface area contributed by atoms with E-state index in [1.807, 2.05) is 0 Å². The Kier molecular flexibility index (Phi) is 4.36. The average molecular weight is 251 g/mol. The van der Waals surface area contributed by atoms with Crippen LogP contribution in [-0.2, 0) is 9.59 Å². The van der Waals surface area contributed by atoms with Gasteiger partial charge in [-0.1, -0.05) is 0 Å². The number of rotatable bonds is 5. The van der Waals surface area contributed by atoms with Gasteiger partial charge in [0.15, 0.2) is 0 Å². The molecule has 1 heterocycles. The van der Waals surface area contributed by atoms with Gasteiger partial charge in [0, 0.05) is 11.9 Å². The number of amides is 2. The molecular weight excluding hydrogens is 238 g/mol. The summed E-state index contributed by atoms with van der Waals surface area (Å²) in [6.07, 6.45) is 0.869. The lowest BCUT2D eigenvalue weighted by atomic mass is 10.1. The normalized spacial score (nSPS) is 11.6. The van der Waals surface area contributed by atoms with Crippen molar-refractivity contribution in [2.24, 2.45) is 5.73 Å². The number of aryl methyl sites for hydroxylation is 1. The SMILES string of the molecule is Cc1ccc(C(=O)NC(CC(N)=O)C(=O)O)cn1. The van der Waals surface area contributed by atoms with E-state index in [4.69, 9.17) is 10.8 Å². The molecule has 1 aromatic rings. The molecule has 1 unspecified atom stereocenters. The fraction of sp³-hybridized carbons (Fsp3) is 0.273. The Morgan fingerprint density at radius 3 is 2.56 bits per heavy atom. The Balaban J connectivity index is 2.75. The second-order valence-corrected chi connectivity index (χ2v) is 3.72. The quantitative estimate of drug-likeness (QED) is 0.648. The summed E-state index contributed by atoms with van der Waals surface area (Å²) >= 11 is 0. The van der Waals surface area contributed by atoms with Crippen molar-refractivity contribution in [2.75, 3.05) is 0 Å². The molecule has 1 rings (SSSR count). The number of aromatic nitrogens is 1.